The van der Waals surface area contributed by atoms with Crippen LogP contribution in [0.1, 0.15) is 12.5 Å². The number of anilines is 1. The summed E-state index contributed by atoms with van der Waals surface area (Å²) in [5, 5.41) is 2.49. The lowest BCUT2D eigenvalue weighted by molar-refractivity contribution is -0.115. The van der Waals surface area contributed by atoms with Crippen molar-refractivity contribution in [3.8, 4) is 0 Å². The summed E-state index contributed by atoms with van der Waals surface area (Å²) >= 11 is 8.69. The van der Waals surface area contributed by atoms with Crippen molar-refractivity contribution in [3.63, 3.8) is 0 Å². The number of benzene rings is 2. The number of aliphatic imine (C=N–C) groups is 1. The van der Waals surface area contributed by atoms with Gasteiger partial charge in [-0.2, -0.15) is 0 Å². The number of hydrogen-bond acceptors (Lipinski definition) is 4. The van der Waals surface area contributed by atoms with Gasteiger partial charge in [0.1, 0.15) is 10.2 Å². The summed E-state index contributed by atoms with van der Waals surface area (Å²) in [7, 11) is 0. The van der Waals surface area contributed by atoms with Gasteiger partial charge in [-0.25, -0.2) is 9.38 Å². The Balaban J connectivity index is 1.66. The van der Waals surface area contributed by atoms with Crippen molar-refractivity contribution in [1.82, 2.24) is 0 Å². The number of thioether (sulfide) groups is 2. The molecular formula is C17H14ClFN2OS2. The molecule has 0 aromatic heterocycles. The summed E-state index contributed by atoms with van der Waals surface area (Å²) in [5.41, 5.74) is 2.25. The minimum absolute atomic E-state index is 0.125. The fourth-order valence-corrected chi connectivity index (χ4v) is 4.45. The second-order valence-corrected chi connectivity index (χ2v) is 8.16. The predicted octanol–water partition coefficient (Wildman–Crippen LogP) is 5.47. The first-order valence-corrected chi connectivity index (χ1v) is 9.49. The Labute approximate surface area is 153 Å². The Kier molecular flexibility index (Phi) is 5.48. The van der Waals surface area contributed by atoms with Crippen LogP contribution in [0.15, 0.2) is 47.5 Å². The zero-order valence-electron chi connectivity index (χ0n) is 12.8. The maximum Gasteiger partial charge on any atom is 0.237 e. The molecule has 0 saturated heterocycles. The number of para-hydroxylation sites is 1. The van der Waals surface area contributed by atoms with Crippen LogP contribution in [0.3, 0.4) is 0 Å². The molecule has 2 aromatic rings. The van der Waals surface area contributed by atoms with Gasteiger partial charge in [0.15, 0.2) is 0 Å². The first-order valence-electron chi connectivity index (χ1n) is 7.25. The van der Waals surface area contributed by atoms with Crippen LogP contribution in [0, 0.1) is 5.82 Å². The number of hydrogen-bond donors (Lipinski definition) is 1. The van der Waals surface area contributed by atoms with E-state index in [0.29, 0.717) is 5.02 Å². The van der Waals surface area contributed by atoms with E-state index in [1.807, 2.05) is 24.3 Å². The molecule has 1 aliphatic heterocycles. The number of nitrogens with one attached hydrogen (secondary N) is 1. The fraction of sp³-hybridized carbons (Fsp3) is 0.176. The average molecular weight is 381 g/mol. The Bertz CT molecular complexity index is 813. The van der Waals surface area contributed by atoms with Crippen LogP contribution >= 0.6 is 35.1 Å². The van der Waals surface area contributed by atoms with Crippen LogP contribution in [-0.2, 0) is 10.5 Å². The number of amides is 1. The second-order valence-electron chi connectivity index (χ2n) is 5.17. The van der Waals surface area contributed by atoms with Gasteiger partial charge in [-0.3, -0.25) is 4.79 Å². The van der Waals surface area contributed by atoms with Crippen molar-refractivity contribution in [3.05, 3.63) is 58.9 Å². The molecule has 0 saturated carbocycles. The van der Waals surface area contributed by atoms with Gasteiger partial charge in [-0.1, -0.05) is 53.3 Å². The summed E-state index contributed by atoms with van der Waals surface area (Å²) in [6.07, 6.45) is 0. The van der Waals surface area contributed by atoms with Gasteiger partial charge >= 0.3 is 0 Å². The van der Waals surface area contributed by atoms with Crippen molar-refractivity contribution in [2.45, 2.75) is 17.9 Å². The topological polar surface area (TPSA) is 41.5 Å². The summed E-state index contributed by atoms with van der Waals surface area (Å²) in [6.45, 7) is 1.78. The van der Waals surface area contributed by atoms with Crippen molar-refractivity contribution >= 4 is 56.8 Å². The Morgan fingerprint density at radius 2 is 2.17 bits per heavy atom. The minimum atomic E-state index is -0.550. The molecule has 124 valence electrons. The molecule has 0 fully saturated rings. The standard InChI is InChI=1S/C17H14ClFN2OS2/c1-10(16(22)20-15-7-6-12(18)8-13(15)19)24-17-21-14-5-3-2-4-11(14)9-23-17/h2-8,10H,9H2,1H3,(H,20,22). The predicted molar refractivity (Wildman–Crippen MR) is 102 cm³/mol. The van der Waals surface area contributed by atoms with Crippen molar-refractivity contribution in [2.24, 2.45) is 4.99 Å². The molecular weight excluding hydrogens is 367 g/mol. The van der Waals surface area contributed by atoms with Crippen molar-refractivity contribution in [1.29, 1.82) is 0 Å². The van der Waals surface area contributed by atoms with Crippen LogP contribution in [0.4, 0.5) is 15.8 Å². The minimum Gasteiger partial charge on any atom is -0.323 e. The second kappa shape index (κ2) is 7.59. The molecule has 1 aliphatic rings. The number of carbonyl (C=O) groups is 1. The molecule has 0 aliphatic carbocycles. The quantitative estimate of drug-likeness (QED) is 0.767. The van der Waals surface area contributed by atoms with Gasteiger partial charge in [-0.15, -0.1) is 0 Å². The lowest BCUT2D eigenvalue weighted by Gasteiger charge is -2.17. The Morgan fingerprint density at radius 3 is 2.96 bits per heavy atom. The summed E-state index contributed by atoms with van der Waals surface area (Å²) < 4.78 is 14.6. The van der Waals surface area contributed by atoms with Gasteiger partial charge in [0, 0.05) is 10.8 Å². The van der Waals surface area contributed by atoms with Gasteiger partial charge in [-0.05, 0) is 36.8 Å². The third kappa shape index (κ3) is 4.12. The highest BCUT2D eigenvalue weighted by atomic mass is 35.5. The lowest BCUT2D eigenvalue weighted by Crippen LogP contribution is -2.24. The van der Waals surface area contributed by atoms with Crippen LogP contribution in [0.5, 0.6) is 0 Å². The fourth-order valence-electron chi connectivity index (χ4n) is 2.10. The number of fused-ring (bicyclic) bond motifs is 1. The molecule has 1 atom stereocenters. The maximum atomic E-state index is 13.8. The lowest BCUT2D eigenvalue weighted by atomic mass is 10.2. The smallest absolute Gasteiger partial charge is 0.237 e. The van der Waals surface area contributed by atoms with E-state index in [-0.39, 0.29) is 11.6 Å². The van der Waals surface area contributed by atoms with E-state index in [2.05, 4.69) is 10.3 Å². The first kappa shape index (κ1) is 17.3. The molecule has 2 aromatic carbocycles. The Morgan fingerprint density at radius 1 is 1.38 bits per heavy atom. The molecule has 1 heterocycles. The Hall–Kier alpha value is -1.50. The molecule has 1 N–H and O–H groups in total. The molecule has 3 rings (SSSR count). The molecule has 0 radical (unpaired) electrons. The van der Waals surface area contributed by atoms with Crippen molar-refractivity contribution < 1.29 is 9.18 Å². The number of carbonyl (C=O) groups excluding carboxylic acids is 1. The van der Waals surface area contributed by atoms with E-state index < -0.39 is 11.1 Å². The van der Waals surface area contributed by atoms with E-state index in [1.165, 1.54) is 35.5 Å². The number of rotatable bonds is 3. The summed E-state index contributed by atoms with van der Waals surface area (Å²) in [5.74, 6) is 0.0112. The largest absolute Gasteiger partial charge is 0.323 e. The summed E-state index contributed by atoms with van der Waals surface area (Å²) in [4.78, 5) is 16.8. The molecule has 0 bridgehead atoms. The van der Waals surface area contributed by atoms with Crippen LogP contribution in [0.2, 0.25) is 5.02 Å². The van der Waals surface area contributed by atoms with Crippen LogP contribution in [0.25, 0.3) is 0 Å². The number of nitrogens with zero attached hydrogens (tertiary/aromatic N) is 1. The van der Waals surface area contributed by atoms with E-state index in [0.717, 1.165) is 15.8 Å². The van der Waals surface area contributed by atoms with Gasteiger partial charge in [0.2, 0.25) is 5.91 Å². The van der Waals surface area contributed by atoms with Crippen LogP contribution < -0.4 is 5.32 Å². The summed E-state index contributed by atoms with van der Waals surface area (Å²) in [6, 6.07) is 12.1. The average Bonchev–Trinajstić information content (AvgIpc) is 2.57. The van der Waals surface area contributed by atoms with E-state index in [9.17, 15) is 9.18 Å². The van der Waals surface area contributed by atoms with Gasteiger partial charge < -0.3 is 5.32 Å². The molecule has 0 spiro atoms. The monoisotopic (exact) mass is 380 g/mol. The third-order valence-electron chi connectivity index (χ3n) is 3.39. The highest BCUT2D eigenvalue weighted by molar-refractivity contribution is 8.39. The third-order valence-corrected chi connectivity index (χ3v) is 5.92. The zero-order chi connectivity index (χ0) is 17.1. The molecule has 7 heteroatoms. The van der Waals surface area contributed by atoms with Crippen molar-refractivity contribution in [2.75, 3.05) is 5.32 Å². The number of halogens is 2. The first-order chi connectivity index (χ1) is 11.5. The molecule has 1 amide bonds. The van der Waals surface area contributed by atoms with E-state index >= 15 is 0 Å². The van der Waals surface area contributed by atoms with Gasteiger partial charge in [0.05, 0.1) is 16.6 Å². The van der Waals surface area contributed by atoms with Crippen LogP contribution in [-0.4, -0.2) is 15.5 Å². The zero-order valence-corrected chi connectivity index (χ0v) is 15.1. The van der Waals surface area contributed by atoms with E-state index in [4.69, 9.17) is 11.6 Å². The normalized spacial score (nSPS) is 14.5. The molecule has 24 heavy (non-hydrogen) atoms. The molecule has 1 unspecified atom stereocenters. The highest BCUT2D eigenvalue weighted by Gasteiger charge is 2.21. The van der Waals surface area contributed by atoms with Gasteiger partial charge in [0.25, 0.3) is 0 Å². The highest BCUT2D eigenvalue weighted by Crippen LogP contribution is 2.36. The maximum absolute atomic E-state index is 13.8. The SMILES string of the molecule is CC(SC1=Nc2ccccc2CS1)C(=O)Nc1ccc(Cl)cc1F. The van der Waals surface area contributed by atoms with E-state index in [1.54, 1.807) is 18.7 Å². The molecule has 3 nitrogen and oxygen atoms in total.